The first-order valence-electron chi connectivity index (χ1n) is 3.33. The molecule has 0 aliphatic rings. The summed E-state index contributed by atoms with van der Waals surface area (Å²) >= 11 is 0. The molecule has 0 bridgehead atoms. The Hall–Kier alpha value is -0.700. The van der Waals surface area contributed by atoms with Crippen molar-refractivity contribution in [2.75, 3.05) is 27.7 Å². The van der Waals surface area contributed by atoms with E-state index in [1.54, 1.807) is 6.92 Å². The molecule has 0 amide bonds. The van der Waals surface area contributed by atoms with Crippen LogP contribution in [-0.4, -0.2) is 49.9 Å². The van der Waals surface area contributed by atoms with Crippen LogP contribution in [0.15, 0.2) is 4.99 Å². The van der Waals surface area contributed by atoms with Crippen LogP contribution in [0.4, 0.5) is 0 Å². The van der Waals surface area contributed by atoms with Gasteiger partial charge in [0.15, 0.2) is 0 Å². The van der Waals surface area contributed by atoms with Crippen LogP contribution in [0.3, 0.4) is 0 Å². The predicted octanol–water partition coefficient (Wildman–Crippen LogP) is -0.119. The number of aliphatic hydroxyl groups is 1. The molecule has 0 rings (SSSR count). The number of hydrogen-bond donors (Lipinski definition) is 1. The zero-order valence-corrected chi connectivity index (χ0v) is 7.53. The second-order valence-corrected chi connectivity index (χ2v) is 2.43. The van der Waals surface area contributed by atoms with E-state index < -0.39 is 0 Å². The maximum atomic E-state index is 8.88. The van der Waals surface area contributed by atoms with E-state index in [0.29, 0.717) is 0 Å². The van der Waals surface area contributed by atoms with Gasteiger partial charge in [-0.25, -0.2) is 9.79 Å². The van der Waals surface area contributed by atoms with E-state index in [2.05, 4.69) is 4.99 Å². The molecule has 66 valence electrons. The van der Waals surface area contributed by atoms with Crippen molar-refractivity contribution in [3.8, 4) is 0 Å². The van der Waals surface area contributed by atoms with Crippen LogP contribution in [0.1, 0.15) is 6.92 Å². The van der Waals surface area contributed by atoms with Gasteiger partial charge in [-0.15, -0.1) is 0 Å². The fourth-order valence-electron chi connectivity index (χ4n) is 0.528. The van der Waals surface area contributed by atoms with Crippen molar-refractivity contribution in [1.29, 1.82) is 0 Å². The van der Waals surface area contributed by atoms with Crippen LogP contribution in [0.5, 0.6) is 0 Å². The summed E-state index contributed by atoms with van der Waals surface area (Å²) in [7, 11) is 5.26. The molecule has 0 saturated carbocycles. The van der Waals surface area contributed by atoms with E-state index in [-0.39, 0.29) is 6.10 Å². The van der Waals surface area contributed by atoms with Crippen LogP contribution < -0.4 is 0 Å². The Morgan fingerprint density at radius 2 is 2.00 bits per heavy atom. The van der Waals surface area contributed by atoms with Crippen LogP contribution in [0, 0.1) is 0 Å². The standard InChI is InChI=1S/C5H13NO.C2H3NO/c1-5(7)4-6(2)3;1-3-2-4/h5,7H,4H2,1-3H3;1H3. The summed E-state index contributed by atoms with van der Waals surface area (Å²) in [5, 5.41) is 8.68. The van der Waals surface area contributed by atoms with Crippen molar-refractivity contribution in [3.63, 3.8) is 0 Å². The summed E-state index contributed by atoms with van der Waals surface area (Å²) in [4.78, 5) is 13.8. The highest BCUT2D eigenvalue weighted by Crippen LogP contribution is 1.80. The summed E-state index contributed by atoms with van der Waals surface area (Å²) < 4.78 is 0. The van der Waals surface area contributed by atoms with Crippen molar-refractivity contribution >= 4 is 6.08 Å². The molecule has 1 atom stereocenters. The molecule has 0 radical (unpaired) electrons. The minimum Gasteiger partial charge on any atom is -0.392 e. The molecule has 4 heteroatoms. The van der Waals surface area contributed by atoms with Crippen LogP contribution in [0.25, 0.3) is 0 Å². The minimum absolute atomic E-state index is 0.199. The maximum Gasteiger partial charge on any atom is 0.234 e. The highest BCUT2D eigenvalue weighted by molar-refractivity contribution is 5.32. The van der Waals surface area contributed by atoms with E-state index >= 15 is 0 Å². The molecule has 0 spiro atoms. The van der Waals surface area contributed by atoms with Gasteiger partial charge in [0.25, 0.3) is 0 Å². The first-order chi connectivity index (χ1) is 5.04. The molecule has 11 heavy (non-hydrogen) atoms. The molecule has 1 N–H and O–H groups in total. The molecular formula is C7H16N2O2. The van der Waals surface area contributed by atoms with Crippen LogP contribution in [-0.2, 0) is 4.79 Å². The zero-order valence-electron chi connectivity index (χ0n) is 7.53. The SMILES string of the molecule is CC(O)CN(C)C.CN=C=O. The molecule has 0 aromatic heterocycles. The average molecular weight is 160 g/mol. The van der Waals surface area contributed by atoms with E-state index in [1.165, 1.54) is 13.1 Å². The summed E-state index contributed by atoms with van der Waals surface area (Å²) in [6, 6.07) is 0. The number of aliphatic hydroxyl groups excluding tert-OH is 1. The predicted molar refractivity (Wildman–Crippen MR) is 44.3 cm³/mol. The maximum absolute atomic E-state index is 8.88. The van der Waals surface area contributed by atoms with E-state index in [0.717, 1.165) is 6.54 Å². The third-order valence-corrected chi connectivity index (χ3v) is 0.721. The first-order valence-corrected chi connectivity index (χ1v) is 3.33. The smallest absolute Gasteiger partial charge is 0.234 e. The average Bonchev–Trinajstić information content (AvgIpc) is 1.85. The molecule has 0 aromatic carbocycles. The van der Waals surface area contributed by atoms with Crippen molar-refractivity contribution in [2.24, 2.45) is 4.99 Å². The number of rotatable bonds is 2. The number of likely N-dealkylation sites (N-methyl/N-ethyl adjacent to an activating group) is 1. The van der Waals surface area contributed by atoms with Crippen LogP contribution >= 0.6 is 0 Å². The number of hydrogen-bond acceptors (Lipinski definition) is 4. The Labute approximate surface area is 67.5 Å². The lowest BCUT2D eigenvalue weighted by atomic mass is 10.4. The molecule has 0 aliphatic carbocycles. The lowest BCUT2D eigenvalue weighted by molar-refractivity contribution is 0.154. The van der Waals surface area contributed by atoms with Gasteiger partial charge in [-0.05, 0) is 21.0 Å². The molecule has 0 aromatic rings. The Bertz CT molecular complexity index is 112. The minimum atomic E-state index is -0.199. The van der Waals surface area contributed by atoms with Crippen molar-refractivity contribution in [2.45, 2.75) is 13.0 Å². The summed E-state index contributed by atoms with van der Waals surface area (Å²) in [5.41, 5.74) is 0. The molecule has 0 fully saturated rings. The third-order valence-electron chi connectivity index (χ3n) is 0.721. The highest BCUT2D eigenvalue weighted by Gasteiger charge is 1.93. The van der Waals surface area contributed by atoms with E-state index in [1.807, 2.05) is 19.0 Å². The molecule has 4 nitrogen and oxygen atoms in total. The Morgan fingerprint density at radius 1 is 1.64 bits per heavy atom. The Kier molecular flexibility index (Phi) is 10.9. The molecule has 0 aliphatic heterocycles. The number of nitrogens with zero attached hydrogens (tertiary/aromatic N) is 2. The van der Waals surface area contributed by atoms with E-state index in [9.17, 15) is 0 Å². The van der Waals surface area contributed by atoms with Gasteiger partial charge in [0.1, 0.15) is 0 Å². The topological polar surface area (TPSA) is 52.9 Å². The lowest BCUT2D eigenvalue weighted by Gasteiger charge is -2.10. The molecule has 1 unspecified atom stereocenters. The fourth-order valence-corrected chi connectivity index (χ4v) is 0.528. The van der Waals surface area contributed by atoms with Crippen molar-refractivity contribution in [1.82, 2.24) is 4.90 Å². The molecule has 0 heterocycles. The second kappa shape index (κ2) is 9.30. The number of isocyanates is 1. The number of aliphatic imine (C=N–C) groups is 1. The quantitative estimate of drug-likeness (QED) is 0.452. The van der Waals surface area contributed by atoms with Gasteiger partial charge in [-0.3, -0.25) is 0 Å². The van der Waals surface area contributed by atoms with Crippen LogP contribution in [0.2, 0.25) is 0 Å². The lowest BCUT2D eigenvalue weighted by Crippen LogP contribution is -2.22. The molecular weight excluding hydrogens is 144 g/mol. The Morgan fingerprint density at radius 3 is 2.00 bits per heavy atom. The highest BCUT2D eigenvalue weighted by atomic mass is 16.3. The van der Waals surface area contributed by atoms with Gasteiger partial charge in [0.05, 0.1) is 6.10 Å². The Balaban J connectivity index is 0. The normalized spacial score (nSPS) is 11.1. The van der Waals surface area contributed by atoms with E-state index in [4.69, 9.17) is 9.90 Å². The van der Waals surface area contributed by atoms with Gasteiger partial charge in [-0.1, -0.05) is 0 Å². The fraction of sp³-hybridized carbons (Fsp3) is 0.857. The third kappa shape index (κ3) is 26.8. The monoisotopic (exact) mass is 160 g/mol. The number of carbonyl (C=O) groups excluding carboxylic acids is 1. The summed E-state index contributed by atoms with van der Waals surface area (Å²) in [6.45, 7) is 2.53. The van der Waals surface area contributed by atoms with Gasteiger partial charge in [0.2, 0.25) is 6.08 Å². The van der Waals surface area contributed by atoms with Gasteiger partial charge >= 0.3 is 0 Å². The molecule has 0 saturated heterocycles. The van der Waals surface area contributed by atoms with Crippen molar-refractivity contribution in [3.05, 3.63) is 0 Å². The first kappa shape index (κ1) is 12.9. The van der Waals surface area contributed by atoms with Crippen molar-refractivity contribution < 1.29 is 9.90 Å². The van der Waals surface area contributed by atoms with Gasteiger partial charge in [0, 0.05) is 13.6 Å². The second-order valence-electron chi connectivity index (χ2n) is 2.43. The summed E-state index contributed by atoms with van der Waals surface area (Å²) in [6.07, 6.45) is 1.11. The van der Waals surface area contributed by atoms with Gasteiger partial charge < -0.3 is 10.0 Å². The zero-order chi connectivity index (χ0) is 9.28. The summed E-state index contributed by atoms with van der Waals surface area (Å²) in [5.74, 6) is 0. The van der Waals surface area contributed by atoms with Gasteiger partial charge in [-0.2, -0.15) is 0 Å². The largest absolute Gasteiger partial charge is 0.392 e.